The summed E-state index contributed by atoms with van der Waals surface area (Å²) in [4.78, 5) is 12.0. The molecule has 1 heterocycles. The quantitative estimate of drug-likeness (QED) is 0.940. The Balaban J connectivity index is 1.93. The van der Waals surface area contributed by atoms with E-state index in [1.54, 1.807) is 6.20 Å². The normalized spacial score (nSPS) is 10.5. The highest BCUT2D eigenvalue weighted by Crippen LogP contribution is 2.18. The average Bonchev–Trinajstić information content (AvgIpc) is 2.75. The van der Waals surface area contributed by atoms with Gasteiger partial charge in [0.05, 0.1) is 5.56 Å². The number of carbonyl (C=O) groups is 1. The summed E-state index contributed by atoms with van der Waals surface area (Å²) in [6, 6.07) is 7.66. The highest BCUT2D eigenvalue weighted by Gasteiger charge is 2.09. The van der Waals surface area contributed by atoms with Gasteiger partial charge in [0.2, 0.25) is 0 Å². The van der Waals surface area contributed by atoms with Gasteiger partial charge in [0.25, 0.3) is 5.91 Å². The number of nitrogens with zero attached hydrogens (tertiary/aromatic N) is 2. The fraction of sp³-hybridized carbons (Fsp3) is 0.286. The first kappa shape index (κ1) is 13.8. The fourth-order valence-electron chi connectivity index (χ4n) is 1.85. The zero-order valence-electron chi connectivity index (χ0n) is 11.0. The molecule has 19 heavy (non-hydrogen) atoms. The predicted molar refractivity (Wildman–Crippen MR) is 78.1 cm³/mol. The van der Waals surface area contributed by atoms with Crippen molar-refractivity contribution in [2.24, 2.45) is 7.05 Å². The summed E-state index contributed by atoms with van der Waals surface area (Å²) >= 11 is 3.42. The Labute approximate surface area is 120 Å². The van der Waals surface area contributed by atoms with Crippen molar-refractivity contribution in [1.29, 1.82) is 0 Å². The van der Waals surface area contributed by atoms with E-state index >= 15 is 0 Å². The molecular formula is C14H16BrN3O. The molecule has 0 aliphatic rings. The lowest BCUT2D eigenvalue weighted by atomic mass is 10.1. The lowest BCUT2D eigenvalue weighted by molar-refractivity contribution is 0.0953. The summed E-state index contributed by atoms with van der Waals surface area (Å²) in [6.07, 6.45) is 2.53. The highest BCUT2D eigenvalue weighted by atomic mass is 79.9. The fourth-order valence-corrected chi connectivity index (χ4v) is 2.52. The van der Waals surface area contributed by atoms with Crippen LogP contribution >= 0.6 is 15.9 Å². The Morgan fingerprint density at radius 1 is 1.42 bits per heavy atom. The zero-order valence-corrected chi connectivity index (χ0v) is 12.6. The summed E-state index contributed by atoms with van der Waals surface area (Å²) in [7, 11) is 1.90. The van der Waals surface area contributed by atoms with Crippen LogP contribution in [0, 0.1) is 6.92 Å². The minimum absolute atomic E-state index is 0.0611. The Morgan fingerprint density at radius 3 is 2.84 bits per heavy atom. The van der Waals surface area contributed by atoms with Crippen molar-refractivity contribution in [3.63, 3.8) is 0 Å². The Bertz CT molecular complexity index is 592. The average molecular weight is 322 g/mol. The van der Waals surface area contributed by atoms with Gasteiger partial charge in [-0.15, -0.1) is 0 Å². The number of benzene rings is 1. The second-order valence-corrected chi connectivity index (χ2v) is 5.29. The highest BCUT2D eigenvalue weighted by molar-refractivity contribution is 9.10. The smallest absolute Gasteiger partial charge is 0.252 e. The molecule has 5 heteroatoms. The van der Waals surface area contributed by atoms with Gasteiger partial charge in [0.15, 0.2) is 0 Å². The number of amides is 1. The molecule has 1 aromatic heterocycles. The van der Waals surface area contributed by atoms with Gasteiger partial charge in [-0.2, -0.15) is 5.10 Å². The topological polar surface area (TPSA) is 46.9 Å². The van der Waals surface area contributed by atoms with E-state index in [4.69, 9.17) is 0 Å². The first-order chi connectivity index (χ1) is 9.08. The number of nitrogens with one attached hydrogen (secondary N) is 1. The molecule has 1 N–H and O–H groups in total. The molecule has 0 saturated carbocycles. The number of aryl methyl sites for hydroxylation is 2. The summed E-state index contributed by atoms with van der Waals surface area (Å²) < 4.78 is 2.64. The van der Waals surface area contributed by atoms with Gasteiger partial charge in [-0.3, -0.25) is 9.48 Å². The molecule has 0 spiro atoms. The maximum Gasteiger partial charge on any atom is 0.252 e. The van der Waals surface area contributed by atoms with Crippen LogP contribution in [0.3, 0.4) is 0 Å². The third kappa shape index (κ3) is 3.44. The molecule has 0 radical (unpaired) electrons. The van der Waals surface area contributed by atoms with E-state index in [0.717, 1.165) is 22.2 Å². The SMILES string of the molecule is Cc1ccc(C(=O)NCCc2ccnn2C)c(Br)c1. The standard InChI is InChI=1S/C14H16BrN3O/c1-10-3-4-12(13(15)9-10)14(19)16-7-5-11-6-8-17-18(11)2/h3-4,6,8-9H,5,7H2,1-2H3,(H,16,19). The van der Waals surface area contributed by atoms with Gasteiger partial charge >= 0.3 is 0 Å². The summed E-state index contributed by atoms with van der Waals surface area (Å²) in [5.74, 6) is -0.0611. The van der Waals surface area contributed by atoms with Crippen LogP contribution in [0.1, 0.15) is 21.6 Å². The minimum atomic E-state index is -0.0611. The summed E-state index contributed by atoms with van der Waals surface area (Å²) in [5, 5.41) is 7.01. The van der Waals surface area contributed by atoms with Gasteiger partial charge in [-0.25, -0.2) is 0 Å². The maximum atomic E-state index is 12.0. The van der Waals surface area contributed by atoms with E-state index in [0.29, 0.717) is 12.1 Å². The minimum Gasteiger partial charge on any atom is -0.352 e. The van der Waals surface area contributed by atoms with Gasteiger partial charge < -0.3 is 5.32 Å². The molecule has 2 rings (SSSR count). The van der Waals surface area contributed by atoms with Crippen LogP contribution in [0.5, 0.6) is 0 Å². The second kappa shape index (κ2) is 6.02. The van der Waals surface area contributed by atoms with E-state index in [1.807, 2.05) is 42.9 Å². The number of rotatable bonds is 4. The largest absolute Gasteiger partial charge is 0.352 e. The first-order valence-corrected chi connectivity index (χ1v) is 6.88. The van der Waals surface area contributed by atoms with Crippen LogP contribution < -0.4 is 5.32 Å². The van der Waals surface area contributed by atoms with Crippen molar-refractivity contribution in [2.75, 3.05) is 6.54 Å². The van der Waals surface area contributed by atoms with Gasteiger partial charge in [0.1, 0.15) is 0 Å². The van der Waals surface area contributed by atoms with Crippen LogP contribution in [-0.4, -0.2) is 22.2 Å². The molecule has 0 unspecified atom stereocenters. The van der Waals surface area contributed by atoms with Crippen LogP contribution in [0.2, 0.25) is 0 Å². The molecule has 2 aromatic rings. The van der Waals surface area contributed by atoms with E-state index in [1.165, 1.54) is 0 Å². The maximum absolute atomic E-state index is 12.0. The summed E-state index contributed by atoms with van der Waals surface area (Å²) in [5.41, 5.74) is 2.89. The lowest BCUT2D eigenvalue weighted by Crippen LogP contribution is -2.26. The zero-order chi connectivity index (χ0) is 13.8. The Morgan fingerprint density at radius 2 is 2.21 bits per heavy atom. The van der Waals surface area contributed by atoms with Crippen LogP contribution in [-0.2, 0) is 13.5 Å². The van der Waals surface area contributed by atoms with E-state index in [9.17, 15) is 4.79 Å². The predicted octanol–water partition coefficient (Wildman–Crippen LogP) is 2.46. The van der Waals surface area contributed by atoms with Gasteiger partial charge in [-0.05, 0) is 46.6 Å². The molecule has 4 nitrogen and oxygen atoms in total. The number of halogens is 1. The third-order valence-corrected chi connectivity index (χ3v) is 3.61. The van der Waals surface area contributed by atoms with Crippen molar-refractivity contribution in [1.82, 2.24) is 15.1 Å². The molecule has 100 valence electrons. The first-order valence-electron chi connectivity index (χ1n) is 6.09. The van der Waals surface area contributed by atoms with E-state index in [-0.39, 0.29) is 5.91 Å². The second-order valence-electron chi connectivity index (χ2n) is 4.44. The molecular weight excluding hydrogens is 306 g/mol. The van der Waals surface area contributed by atoms with Crippen LogP contribution in [0.15, 0.2) is 34.9 Å². The molecule has 1 aromatic carbocycles. The number of hydrogen-bond donors (Lipinski definition) is 1. The van der Waals surface area contributed by atoms with Crippen molar-refractivity contribution in [3.8, 4) is 0 Å². The van der Waals surface area contributed by atoms with E-state index in [2.05, 4.69) is 26.3 Å². The number of aromatic nitrogens is 2. The lowest BCUT2D eigenvalue weighted by Gasteiger charge is -2.07. The van der Waals surface area contributed by atoms with Gasteiger partial charge in [0, 0.05) is 36.4 Å². The van der Waals surface area contributed by atoms with E-state index < -0.39 is 0 Å². The molecule has 0 aliphatic heterocycles. The Hall–Kier alpha value is -1.62. The molecule has 0 aliphatic carbocycles. The van der Waals surface area contributed by atoms with Crippen LogP contribution in [0.4, 0.5) is 0 Å². The van der Waals surface area contributed by atoms with Crippen molar-refractivity contribution in [2.45, 2.75) is 13.3 Å². The summed E-state index contributed by atoms with van der Waals surface area (Å²) in [6.45, 7) is 2.59. The van der Waals surface area contributed by atoms with Gasteiger partial charge in [-0.1, -0.05) is 6.07 Å². The molecule has 0 fully saturated rings. The molecule has 1 amide bonds. The Kier molecular flexibility index (Phi) is 4.37. The van der Waals surface area contributed by atoms with Crippen molar-refractivity contribution >= 4 is 21.8 Å². The molecule has 0 atom stereocenters. The third-order valence-electron chi connectivity index (χ3n) is 2.96. The van der Waals surface area contributed by atoms with Crippen molar-refractivity contribution < 1.29 is 4.79 Å². The molecule has 0 saturated heterocycles. The molecule has 0 bridgehead atoms. The number of hydrogen-bond acceptors (Lipinski definition) is 2. The van der Waals surface area contributed by atoms with Crippen LogP contribution in [0.25, 0.3) is 0 Å². The monoisotopic (exact) mass is 321 g/mol. The van der Waals surface area contributed by atoms with Crippen molar-refractivity contribution in [3.05, 3.63) is 51.8 Å². The number of carbonyl (C=O) groups excluding carboxylic acids is 1.